The van der Waals surface area contributed by atoms with E-state index in [1.807, 2.05) is 12.1 Å². The predicted octanol–water partition coefficient (Wildman–Crippen LogP) is 13.8. The molecule has 10 rings (SSSR count). The average Bonchev–Trinajstić information content (AvgIpc) is 3.56. The summed E-state index contributed by atoms with van der Waals surface area (Å²) in [5, 5.41) is 9.71. The Morgan fingerprint density at radius 1 is 0.320 bits per heavy atom. The van der Waals surface area contributed by atoms with Gasteiger partial charge in [-0.1, -0.05) is 140 Å². The molecule has 1 aromatic heterocycles. The summed E-state index contributed by atoms with van der Waals surface area (Å²) in [6, 6.07) is 67.6. The Labute approximate surface area is 290 Å². The van der Waals surface area contributed by atoms with Crippen LogP contribution in [-0.2, 0) is 0 Å². The lowest BCUT2D eigenvalue weighted by Crippen LogP contribution is -2.11. The van der Waals surface area contributed by atoms with Crippen molar-refractivity contribution in [3.63, 3.8) is 0 Å². The zero-order valence-electron chi connectivity index (χ0n) is 27.3. The van der Waals surface area contributed by atoms with Crippen molar-refractivity contribution in [1.29, 1.82) is 0 Å². The summed E-state index contributed by atoms with van der Waals surface area (Å²) in [6.45, 7) is 0. The molecule has 0 saturated carbocycles. The average molecular weight is 638 g/mol. The highest BCUT2D eigenvalue weighted by Crippen LogP contribution is 2.45. The summed E-state index contributed by atoms with van der Waals surface area (Å²) >= 11 is 0. The standard InChI is InChI=1S/C48H31NO/c1-3-15-37-32(12-1)14-11-21-38(37)33-24-26-35(27-25-33)49(36-28-29-48-45(31-36)43-20-8-10-23-47(43)50-48)46-22-9-7-19-42(46)44-30-34-13-2-4-16-39(34)40-17-5-6-18-41(40)44/h1-31H. The molecule has 2 heteroatoms. The van der Waals surface area contributed by atoms with Gasteiger partial charge >= 0.3 is 0 Å². The SMILES string of the molecule is c1ccc(N(c2ccc(-c3cccc4ccccc34)cc2)c2ccc3oc4ccccc4c3c2)c(-c2cc3ccccc3c3ccccc23)c1. The van der Waals surface area contributed by atoms with E-state index in [0.717, 1.165) is 39.0 Å². The molecule has 0 aliphatic carbocycles. The van der Waals surface area contributed by atoms with Crippen molar-refractivity contribution < 1.29 is 4.42 Å². The first-order valence-electron chi connectivity index (χ1n) is 17.1. The third kappa shape index (κ3) is 4.57. The lowest BCUT2D eigenvalue weighted by atomic mass is 9.92. The molecule has 0 amide bonds. The van der Waals surface area contributed by atoms with Crippen molar-refractivity contribution in [2.45, 2.75) is 0 Å². The van der Waals surface area contributed by atoms with Crippen LogP contribution in [0, 0.1) is 0 Å². The Kier molecular flexibility index (Phi) is 6.53. The summed E-state index contributed by atoms with van der Waals surface area (Å²) in [7, 11) is 0. The van der Waals surface area contributed by atoms with Gasteiger partial charge in [0.05, 0.1) is 5.69 Å². The quantitative estimate of drug-likeness (QED) is 0.175. The number of anilines is 3. The van der Waals surface area contributed by atoms with E-state index >= 15 is 0 Å². The van der Waals surface area contributed by atoms with Crippen molar-refractivity contribution in [2.24, 2.45) is 0 Å². The van der Waals surface area contributed by atoms with Crippen LogP contribution in [0.2, 0.25) is 0 Å². The minimum absolute atomic E-state index is 0.884. The highest BCUT2D eigenvalue weighted by Gasteiger charge is 2.20. The lowest BCUT2D eigenvalue weighted by molar-refractivity contribution is 0.669. The zero-order valence-corrected chi connectivity index (χ0v) is 27.3. The van der Waals surface area contributed by atoms with Gasteiger partial charge in [0.2, 0.25) is 0 Å². The van der Waals surface area contributed by atoms with Crippen LogP contribution in [0.5, 0.6) is 0 Å². The summed E-state index contributed by atoms with van der Waals surface area (Å²) in [4.78, 5) is 2.40. The van der Waals surface area contributed by atoms with Gasteiger partial charge in [-0.05, 0) is 97.5 Å². The van der Waals surface area contributed by atoms with E-state index in [1.54, 1.807) is 0 Å². The van der Waals surface area contributed by atoms with Crippen molar-refractivity contribution in [3.05, 3.63) is 188 Å². The van der Waals surface area contributed by atoms with E-state index in [1.165, 1.54) is 54.6 Å². The van der Waals surface area contributed by atoms with Gasteiger partial charge < -0.3 is 9.32 Å². The number of nitrogens with zero attached hydrogens (tertiary/aromatic N) is 1. The molecule has 9 aromatic carbocycles. The van der Waals surface area contributed by atoms with E-state index in [9.17, 15) is 0 Å². The second kappa shape index (κ2) is 11.5. The fourth-order valence-corrected chi connectivity index (χ4v) is 7.72. The van der Waals surface area contributed by atoms with Gasteiger partial charge in [-0.2, -0.15) is 0 Å². The van der Waals surface area contributed by atoms with Crippen LogP contribution in [0.15, 0.2) is 192 Å². The number of furan rings is 1. The maximum atomic E-state index is 6.26. The van der Waals surface area contributed by atoms with Gasteiger partial charge in [-0.15, -0.1) is 0 Å². The normalized spacial score (nSPS) is 11.6. The smallest absolute Gasteiger partial charge is 0.135 e. The first kappa shape index (κ1) is 28.4. The number of rotatable bonds is 5. The van der Waals surface area contributed by atoms with E-state index in [-0.39, 0.29) is 0 Å². The Bertz CT molecular complexity index is 2870. The molecule has 0 atom stereocenters. The fourth-order valence-electron chi connectivity index (χ4n) is 7.72. The molecule has 0 aliphatic heterocycles. The number of benzene rings is 9. The van der Waals surface area contributed by atoms with Gasteiger partial charge in [0.15, 0.2) is 0 Å². The van der Waals surface area contributed by atoms with Crippen molar-refractivity contribution >= 4 is 71.3 Å². The first-order valence-corrected chi connectivity index (χ1v) is 17.1. The van der Waals surface area contributed by atoms with Crippen LogP contribution in [0.4, 0.5) is 17.1 Å². The van der Waals surface area contributed by atoms with Crippen molar-refractivity contribution in [2.75, 3.05) is 4.90 Å². The maximum absolute atomic E-state index is 6.26. The van der Waals surface area contributed by atoms with Crippen LogP contribution < -0.4 is 4.90 Å². The number of hydrogen-bond acceptors (Lipinski definition) is 2. The van der Waals surface area contributed by atoms with Crippen LogP contribution in [-0.4, -0.2) is 0 Å². The molecule has 0 radical (unpaired) electrons. The molecule has 0 fully saturated rings. The van der Waals surface area contributed by atoms with Gasteiger partial charge in [-0.3, -0.25) is 0 Å². The molecule has 234 valence electrons. The third-order valence-corrected chi connectivity index (χ3v) is 10.0. The molecule has 10 aromatic rings. The van der Waals surface area contributed by atoms with Gasteiger partial charge in [0, 0.05) is 27.7 Å². The summed E-state index contributed by atoms with van der Waals surface area (Å²) in [6.07, 6.45) is 0. The fraction of sp³-hybridized carbons (Fsp3) is 0. The van der Waals surface area contributed by atoms with Crippen LogP contribution in [0.1, 0.15) is 0 Å². The summed E-state index contributed by atoms with van der Waals surface area (Å²) < 4.78 is 6.26. The zero-order chi connectivity index (χ0) is 33.0. The second-order valence-electron chi connectivity index (χ2n) is 12.9. The molecule has 0 unspecified atom stereocenters. The number of hydrogen-bond donors (Lipinski definition) is 0. The Balaban J connectivity index is 1.21. The number of para-hydroxylation sites is 2. The van der Waals surface area contributed by atoms with E-state index in [4.69, 9.17) is 4.42 Å². The van der Waals surface area contributed by atoms with Crippen LogP contribution in [0.3, 0.4) is 0 Å². The Morgan fingerprint density at radius 2 is 0.920 bits per heavy atom. The molecule has 0 saturated heterocycles. The molecule has 0 aliphatic rings. The minimum Gasteiger partial charge on any atom is -0.456 e. The molecule has 0 N–H and O–H groups in total. The molecule has 1 heterocycles. The van der Waals surface area contributed by atoms with Crippen molar-refractivity contribution in [3.8, 4) is 22.3 Å². The largest absolute Gasteiger partial charge is 0.456 e. The molecular formula is C48H31NO. The third-order valence-electron chi connectivity index (χ3n) is 10.0. The van der Waals surface area contributed by atoms with Gasteiger partial charge in [0.1, 0.15) is 11.2 Å². The molecule has 2 nitrogen and oxygen atoms in total. The minimum atomic E-state index is 0.884. The molecule has 0 bridgehead atoms. The highest BCUT2D eigenvalue weighted by atomic mass is 16.3. The first-order chi connectivity index (χ1) is 24.8. The van der Waals surface area contributed by atoms with Gasteiger partial charge in [-0.25, -0.2) is 0 Å². The highest BCUT2D eigenvalue weighted by molar-refractivity contribution is 6.15. The molecule has 0 spiro atoms. The molecular weight excluding hydrogens is 607 g/mol. The lowest BCUT2D eigenvalue weighted by Gasteiger charge is -2.28. The summed E-state index contributed by atoms with van der Waals surface area (Å²) in [5.41, 5.74) is 9.85. The number of fused-ring (bicyclic) bond motifs is 7. The van der Waals surface area contributed by atoms with E-state index in [2.05, 4.69) is 181 Å². The Hall–Kier alpha value is -6.64. The van der Waals surface area contributed by atoms with Crippen LogP contribution >= 0.6 is 0 Å². The second-order valence-corrected chi connectivity index (χ2v) is 12.9. The summed E-state index contributed by atoms with van der Waals surface area (Å²) in [5.74, 6) is 0. The Morgan fingerprint density at radius 3 is 1.78 bits per heavy atom. The van der Waals surface area contributed by atoms with Crippen LogP contribution in [0.25, 0.3) is 76.5 Å². The maximum Gasteiger partial charge on any atom is 0.135 e. The molecule has 50 heavy (non-hydrogen) atoms. The van der Waals surface area contributed by atoms with E-state index < -0.39 is 0 Å². The predicted molar refractivity (Wildman–Crippen MR) is 212 cm³/mol. The monoisotopic (exact) mass is 637 g/mol. The van der Waals surface area contributed by atoms with Gasteiger partial charge in [0.25, 0.3) is 0 Å². The van der Waals surface area contributed by atoms with Crippen molar-refractivity contribution in [1.82, 2.24) is 0 Å². The van der Waals surface area contributed by atoms with E-state index in [0.29, 0.717) is 0 Å². The topological polar surface area (TPSA) is 16.4 Å².